The van der Waals surface area contributed by atoms with Crippen LogP contribution in [0, 0.1) is 0 Å². The first kappa shape index (κ1) is 11.6. The Kier molecular flexibility index (Phi) is 3.94. The Bertz CT molecular complexity index is 394. The Morgan fingerprint density at radius 2 is 1.94 bits per heavy atom. The lowest BCUT2D eigenvalue weighted by Gasteiger charge is -2.19. The van der Waals surface area contributed by atoms with E-state index in [1.54, 1.807) is 0 Å². The molecule has 1 aliphatic carbocycles. The van der Waals surface area contributed by atoms with E-state index in [0.717, 1.165) is 17.7 Å². The average Bonchev–Trinajstić information content (AvgIpc) is 2.39. The fraction of sp³-hybridized carbons (Fsp3) is 0.429. The SMILES string of the molecule is CC(C1=CCCCC1)S(=O)c1ccccc1. The van der Waals surface area contributed by atoms with Crippen molar-refractivity contribution < 1.29 is 4.21 Å². The average molecular weight is 234 g/mol. The van der Waals surface area contributed by atoms with E-state index < -0.39 is 10.8 Å². The summed E-state index contributed by atoms with van der Waals surface area (Å²) < 4.78 is 12.3. The Hall–Kier alpha value is -0.890. The molecule has 0 aromatic heterocycles. The topological polar surface area (TPSA) is 17.1 Å². The molecule has 0 fully saturated rings. The summed E-state index contributed by atoms with van der Waals surface area (Å²) in [6.45, 7) is 2.08. The molecule has 2 rings (SSSR count). The maximum absolute atomic E-state index is 12.3. The van der Waals surface area contributed by atoms with Crippen LogP contribution in [0.3, 0.4) is 0 Å². The number of allylic oxidation sites excluding steroid dienone is 1. The van der Waals surface area contributed by atoms with Gasteiger partial charge in [-0.3, -0.25) is 4.21 Å². The quantitative estimate of drug-likeness (QED) is 0.729. The van der Waals surface area contributed by atoms with E-state index in [9.17, 15) is 4.21 Å². The second-order valence-corrected chi connectivity index (χ2v) is 6.05. The van der Waals surface area contributed by atoms with Gasteiger partial charge in [0.1, 0.15) is 0 Å². The molecule has 16 heavy (non-hydrogen) atoms. The van der Waals surface area contributed by atoms with Crippen molar-refractivity contribution in [1.29, 1.82) is 0 Å². The molecular formula is C14H18OS. The molecule has 0 N–H and O–H groups in total. The molecule has 1 aromatic carbocycles. The molecule has 2 heteroatoms. The largest absolute Gasteiger partial charge is 0.254 e. The molecule has 0 bridgehead atoms. The molecular weight excluding hydrogens is 216 g/mol. The Balaban J connectivity index is 2.13. The lowest BCUT2D eigenvalue weighted by atomic mass is 9.98. The number of hydrogen-bond acceptors (Lipinski definition) is 1. The van der Waals surface area contributed by atoms with E-state index in [-0.39, 0.29) is 5.25 Å². The fourth-order valence-corrected chi connectivity index (χ4v) is 3.45. The maximum atomic E-state index is 12.3. The van der Waals surface area contributed by atoms with Crippen molar-refractivity contribution in [3.8, 4) is 0 Å². The van der Waals surface area contributed by atoms with Gasteiger partial charge in [0.25, 0.3) is 0 Å². The summed E-state index contributed by atoms with van der Waals surface area (Å²) in [6.07, 6.45) is 7.11. The van der Waals surface area contributed by atoms with Gasteiger partial charge < -0.3 is 0 Å². The second kappa shape index (κ2) is 5.44. The highest BCUT2D eigenvalue weighted by atomic mass is 32.2. The maximum Gasteiger partial charge on any atom is 0.0599 e. The monoisotopic (exact) mass is 234 g/mol. The molecule has 0 heterocycles. The molecule has 2 atom stereocenters. The fourth-order valence-electron chi connectivity index (χ4n) is 2.13. The van der Waals surface area contributed by atoms with E-state index in [1.165, 1.54) is 18.4 Å². The molecule has 0 saturated carbocycles. The number of hydrogen-bond donors (Lipinski definition) is 0. The predicted molar refractivity (Wildman–Crippen MR) is 68.9 cm³/mol. The number of rotatable bonds is 3. The van der Waals surface area contributed by atoms with Crippen molar-refractivity contribution in [2.24, 2.45) is 0 Å². The zero-order chi connectivity index (χ0) is 11.4. The van der Waals surface area contributed by atoms with Gasteiger partial charge in [0.05, 0.1) is 16.0 Å². The van der Waals surface area contributed by atoms with Crippen LogP contribution in [0.1, 0.15) is 32.6 Å². The van der Waals surface area contributed by atoms with Gasteiger partial charge in [0, 0.05) is 4.90 Å². The van der Waals surface area contributed by atoms with Crippen LogP contribution < -0.4 is 0 Å². The van der Waals surface area contributed by atoms with Crippen LogP contribution in [0.25, 0.3) is 0 Å². The van der Waals surface area contributed by atoms with Gasteiger partial charge in [0.15, 0.2) is 0 Å². The summed E-state index contributed by atoms with van der Waals surface area (Å²) in [5.41, 5.74) is 1.38. The Morgan fingerprint density at radius 1 is 1.19 bits per heavy atom. The molecule has 0 radical (unpaired) electrons. The lowest BCUT2D eigenvalue weighted by Crippen LogP contribution is -2.15. The van der Waals surface area contributed by atoms with E-state index in [2.05, 4.69) is 13.0 Å². The highest BCUT2D eigenvalue weighted by molar-refractivity contribution is 7.85. The van der Waals surface area contributed by atoms with Gasteiger partial charge in [0.2, 0.25) is 0 Å². The minimum atomic E-state index is -0.894. The summed E-state index contributed by atoms with van der Waals surface area (Å²) in [7, 11) is -0.894. The Morgan fingerprint density at radius 3 is 2.56 bits per heavy atom. The molecule has 1 aromatic rings. The van der Waals surface area contributed by atoms with Gasteiger partial charge >= 0.3 is 0 Å². The van der Waals surface area contributed by atoms with Crippen molar-refractivity contribution in [1.82, 2.24) is 0 Å². The Labute approximate surface area is 100 Å². The van der Waals surface area contributed by atoms with Gasteiger partial charge in [-0.15, -0.1) is 0 Å². The molecule has 1 nitrogen and oxygen atoms in total. The van der Waals surface area contributed by atoms with E-state index in [1.807, 2.05) is 30.3 Å². The summed E-state index contributed by atoms with van der Waals surface area (Å²) in [6, 6.07) is 9.78. The molecule has 0 saturated heterocycles. The second-order valence-electron chi connectivity index (χ2n) is 4.28. The van der Waals surface area contributed by atoms with Gasteiger partial charge in [-0.25, -0.2) is 0 Å². The van der Waals surface area contributed by atoms with Crippen molar-refractivity contribution in [2.45, 2.75) is 42.8 Å². The molecule has 2 unspecified atom stereocenters. The van der Waals surface area contributed by atoms with Crippen LogP contribution in [0.5, 0.6) is 0 Å². The molecule has 0 spiro atoms. The first-order chi connectivity index (χ1) is 7.79. The third-order valence-electron chi connectivity index (χ3n) is 3.14. The highest BCUT2D eigenvalue weighted by Crippen LogP contribution is 2.25. The molecule has 0 aliphatic heterocycles. The zero-order valence-electron chi connectivity index (χ0n) is 9.69. The first-order valence-electron chi connectivity index (χ1n) is 5.93. The van der Waals surface area contributed by atoms with E-state index in [4.69, 9.17) is 0 Å². The summed E-state index contributed by atoms with van der Waals surface area (Å²) in [4.78, 5) is 0.946. The minimum Gasteiger partial charge on any atom is -0.254 e. The van der Waals surface area contributed by atoms with Crippen molar-refractivity contribution in [3.05, 3.63) is 42.0 Å². The van der Waals surface area contributed by atoms with Crippen molar-refractivity contribution in [3.63, 3.8) is 0 Å². The third-order valence-corrected chi connectivity index (χ3v) is 4.83. The van der Waals surface area contributed by atoms with Crippen molar-refractivity contribution in [2.75, 3.05) is 0 Å². The van der Waals surface area contributed by atoms with Crippen LogP contribution in [0.4, 0.5) is 0 Å². The van der Waals surface area contributed by atoms with Crippen molar-refractivity contribution >= 4 is 10.8 Å². The molecule has 1 aliphatic rings. The predicted octanol–water partition coefficient (Wildman–Crippen LogP) is 3.68. The highest BCUT2D eigenvalue weighted by Gasteiger charge is 2.18. The van der Waals surface area contributed by atoms with Crippen LogP contribution in [-0.4, -0.2) is 9.46 Å². The third kappa shape index (κ3) is 2.62. The number of benzene rings is 1. The minimum absolute atomic E-state index is 0.169. The smallest absolute Gasteiger partial charge is 0.0599 e. The van der Waals surface area contributed by atoms with Gasteiger partial charge in [-0.05, 0) is 44.7 Å². The van der Waals surface area contributed by atoms with E-state index in [0.29, 0.717) is 0 Å². The zero-order valence-corrected chi connectivity index (χ0v) is 10.5. The lowest BCUT2D eigenvalue weighted by molar-refractivity contribution is 0.660. The molecule has 0 amide bonds. The standard InChI is InChI=1S/C14H18OS/c1-12(13-8-4-2-5-9-13)16(15)14-10-6-3-7-11-14/h3,6-8,10-12H,2,4-5,9H2,1H3. The summed E-state index contributed by atoms with van der Waals surface area (Å²) >= 11 is 0. The van der Waals surface area contributed by atoms with Crippen LogP contribution in [0.2, 0.25) is 0 Å². The summed E-state index contributed by atoms with van der Waals surface area (Å²) in [5, 5.41) is 0.169. The van der Waals surface area contributed by atoms with Crippen LogP contribution in [0.15, 0.2) is 46.9 Å². The van der Waals surface area contributed by atoms with Crippen LogP contribution in [-0.2, 0) is 10.8 Å². The summed E-state index contributed by atoms with van der Waals surface area (Å²) in [5.74, 6) is 0. The van der Waals surface area contributed by atoms with Gasteiger partial charge in [-0.2, -0.15) is 0 Å². The molecule has 86 valence electrons. The van der Waals surface area contributed by atoms with E-state index >= 15 is 0 Å². The normalized spacial score (nSPS) is 19.9. The van der Waals surface area contributed by atoms with Crippen LogP contribution >= 0.6 is 0 Å². The first-order valence-corrected chi connectivity index (χ1v) is 7.15. The van der Waals surface area contributed by atoms with Gasteiger partial charge in [-0.1, -0.05) is 29.8 Å².